The van der Waals surface area contributed by atoms with Crippen molar-refractivity contribution in [2.75, 3.05) is 19.6 Å². The van der Waals surface area contributed by atoms with E-state index in [1.807, 2.05) is 18.5 Å². The first-order chi connectivity index (χ1) is 12.8. The Kier molecular flexibility index (Phi) is 5.41. The molecular weight excluding hydrogens is 344 g/mol. The number of benzene rings is 1. The zero-order valence-electron chi connectivity index (χ0n) is 15.5. The number of imidazole rings is 1. The molecule has 4 nitrogen and oxygen atoms in total. The van der Waals surface area contributed by atoms with Gasteiger partial charge in [0.1, 0.15) is 5.52 Å². The molecule has 0 saturated carbocycles. The van der Waals surface area contributed by atoms with Crippen molar-refractivity contribution in [2.24, 2.45) is 5.92 Å². The third-order valence-electron chi connectivity index (χ3n) is 5.72. The zero-order chi connectivity index (χ0) is 17.9. The van der Waals surface area contributed by atoms with Gasteiger partial charge in [0.05, 0.1) is 17.4 Å². The molecule has 0 bridgehead atoms. The van der Waals surface area contributed by atoms with Crippen LogP contribution >= 0.6 is 11.6 Å². The van der Waals surface area contributed by atoms with E-state index in [-0.39, 0.29) is 0 Å². The largest absolute Gasteiger partial charge is 0.330 e. The molecule has 0 unspecified atom stereocenters. The summed E-state index contributed by atoms with van der Waals surface area (Å²) in [5.41, 5.74) is 2.89. The number of piperidine rings is 1. The maximum Gasteiger partial charge on any atom is 0.157 e. The minimum atomic E-state index is 0.502. The fourth-order valence-electron chi connectivity index (χ4n) is 4.12. The monoisotopic (exact) mass is 370 g/mol. The summed E-state index contributed by atoms with van der Waals surface area (Å²) in [5, 5.41) is 1.64. The van der Waals surface area contributed by atoms with E-state index in [1.54, 1.807) is 0 Å². The van der Waals surface area contributed by atoms with E-state index in [4.69, 9.17) is 11.6 Å². The van der Waals surface area contributed by atoms with Crippen LogP contribution in [0.5, 0.6) is 0 Å². The number of unbranched alkanes of at least 4 members (excludes halogenated alkanes) is 1. The van der Waals surface area contributed by atoms with Crippen molar-refractivity contribution in [3.8, 4) is 0 Å². The maximum absolute atomic E-state index is 6.36. The van der Waals surface area contributed by atoms with Crippen molar-refractivity contribution in [2.45, 2.75) is 45.6 Å². The minimum Gasteiger partial charge on any atom is -0.330 e. The van der Waals surface area contributed by atoms with Gasteiger partial charge >= 0.3 is 0 Å². The summed E-state index contributed by atoms with van der Waals surface area (Å²) in [7, 11) is 0. The van der Waals surface area contributed by atoms with Crippen LogP contribution in [-0.2, 0) is 6.54 Å². The molecule has 0 spiro atoms. The highest BCUT2D eigenvalue weighted by Gasteiger charge is 2.19. The van der Waals surface area contributed by atoms with Crippen LogP contribution in [0.3, 0.4) is 0 Å². The molecule has 4 rings (SSSR count). The summed E-state index contributed by atoms with van der Waals surface area (Å²) in [5.74, 6) is 0.814. The first-order valence-corrected chi connectivity index (χ1v) is 10.3. The van der Waals surface area contributed by atoms with Gasteiger partial charge in [-0.05, 0) is 57.3 Å². The molecule has 0 amide bonds. The molecule has 1 saturated heterocycles. The zero-order valence-corrected chi connectivity index (χ0v) is 16.3. The van der Waals surface area contributed by atoms with Crippen molar-refractivity contribution in [1.82, 2.24) is 19.4 Å². The molecule has 0 N–H and O–H groups in total. The molecule has 0 atom stereocenters. The molecule has 2 aromatic heterocycles. The Hall–Kier alpha value is -1.65. The van der Waals surface area contributed by atoms with Crippen molar-refractivity contribution >= 4 is 33.5 Å². The highest BCUT2D eigenvalue weighted by Crippen LogP contribution is 2.29. The van der Waals surface area contributed by atoms with Gasteiger partial charge in [-0.25, -0.2) is 9.97 Å². The first kappa shape index (κ1) is 17.7. The molecule has 1 aliphatic rings. The fourth-order valence-corrected chi connectivity index (χ4v) is 4.35. The summed E-state index contributed by atoms with van der Waals surface area (Å²) < 4.78 is 2.27. The molecule has 138 valence electrons. The summed E-state index contributed by atoms with van der Waals surface area (Å²) in [4.78, 5) is 11.7. The van der Waals surface area contributed by atoms with E-state index in [0.29, 0.717) is 5.15 Å². The molecule has 5 heteroatoms. The smallest absolute Gasteiger partial charge is 0.157 e. The second-order valence-corrected chi connectivity index (χ2v) is 7.84. The van der Waals surface area contributed by atoms with E-state index in [1.165, 1.54) is 51.7 Å². The Morgan fingerprint density at radius 1 is 1.15 bits per heavy atom. The van der Waals surface area contributed by atoms with Crippen LogP contribution in [0.1, 0.15) is 39.0 Å². The number of pyridine rings is 1. The van der Waals surface area contributed by atoms with Crippen molar-refractivity contribution < 1.29 is 0 Å². The van der Waals surface area contributed by atoms with E-state index in [2.05, 4.69) is 38.5 Å². The Balaban J connectivity index is 1.47. The van der Waals surface area contributed by atoms with E-state index in [9.17, 15) is 0 Å². The third-order valence-corrected chi connectivity index (χ3v) is 5.99. The van der Waals surface area contributed by atoms with Gasteiger partial charge in [0.15, 0.2) is 5.15 Å². The predicted molar refractivity (Wildman–Crippen MR) is 109 cm³/mol. The van der Waals surface area contributed by atoms with Gasteiger partial charge in [-0.1, -0.05) is 43.1 Å². The highest BCUT2D eigenvalue weighted by molar-refractivity contribution is 6.35. The fraction of sp³-hybridized carbons (Fsp3) is 0.524. The Labute approximate surface area is 160 Å². The van der Waals surface area contributed by atoms with Crippen LogP contribution in [0.15, 0.2) is 30.6 Å². The Morgan fingerprint density at radius 3 is 2.77 bits per heavy atom. The lowest BCUT2D eigenvalue weighted by atomic mass is 9.93. The standard InChI is InChI=1S/C21H27ClN4/c1-2-3-11-25-12-8-16(9-13-25)10-14-26-15-23-19-20(26)17-6-4-5-7-18(17)24-21(19)22/h4-7,15-16H,2-3,8-14H2,1H3. The van der Waals surface area contributed by atoms with E-state index < -0.39 is 0 Å². The van der Waals surface area contributed by atoms with Crippen LogP contribution in [0.25, 0.3) is 21.9 Å². The number of likely N-dealkylation sites (tertiary alicyclic amines) is 1. The summed E-state index contributed by atoms with van der Waals surface area (Å²) in [6, 6.07) is 8.20. The number of rotatable bonds is 6. The maximum atomic E-state index is 6.36. The van der Waals surface area contributed by atoms with E-state index in [0.717, 1.165) is 34.4 Å². The minimum absolute atomic E-state index is 0.502. The molecule has 0 radical (unpaired) electrons. The number of hydrogen-bond donors (Lipinski definition) is 0. The molecule has 26 heavy (non-hydrogen) atoms. The topological polar surface area (TPSA) is 34.0 Å². The molecule has 0 aliphatic carbocycles. The lowest BCUT2D eigenvalue weighted by Crippen LogP contribution is -2.34. The summed E-state index contributed by atoms with van der Waals surface area (Å²) in [6.45, 7) is 7.06. The average Bonchev–Trinajstić information content (AvgIpc) is 3.11. The Bertz CT molecular complexity index is 880. The lowest BCUT2D eigenvalue weighted by molar-refractivity contribution is 0.174. The number of aryl methyl sites for hydroxylation is 1. The first-order valence-electron chi connectivity index (χ1n) is 9.87. The summed E-state index contributed by atoms with van der Waals surface area (Å²) >= 11 is 6.36. The molecule has 3 aromatic rings. The van der Waals surface area contributed by atoms with Gasteiger partial charge in [-0.15, -0.1) is 0 Å². The number of aromatic nitrogens is 3. The van der Waals surface area contributed by atoms with Gasteiger partial charge in [0.25, 0.3) is 0 Å². The number of para-hydroxylation sites is 1. The van der Waals surface area contributed by atoms with Crippen LogP contribution in [-0.4, -0.2) is 39.1 Å². The second kappa shape index (κ2) is 7.93. The molecule has 1 aromatic carbocycles. The third kappa shape index (κ3) is 3.58. The van der Waals surface area contributed by atoms with Gasteiger partial charge in [-0.2, -0.15) is 0 Å². The highest BCUT2D eigenvalue weighted by atomic mass is 35.5. The SMILES string of the molecule is CCCCN1CCC(CCn2cnc3c(Cl)nc4ccccc4c32)CC1. The van der Waals surface area contributed by atoms with Crippen LogP contribution < -0.4 is 0 Å². The van der Waals surface area contributed by atoms with Crippen LogP contribution in [0.4, 0.5) is 0 Å². The van der Waals surface area contributed by atoms with Gasteiger partial charge < -0.3 is 9.47 Å². The van der Waals surface area contributed by atoms with Crippen LogP contribution in [0.2, 0.25) is 5.15 Å². The number of hydrogen-bond acceptors (Lipinski definition) is 3. The summed E-state index contributed by atoms with van der Waals surface area (Å²) in [6.07, 6.45) is 8.40. The average molecular weight is 371 g/mol. The van der Waals surface area contributed by atoms with Crippen molar-refractivity contribution in [3.05, 3.63) is 35.7 Å². The van der Waals surface area contributed by atoms with Gasteiger partial charge in [0, 0.05) is 11.9 Å². The molecule has 1 fully saturated rings. The molecular formula is C21H27ClN4. The number of fused-ring (bicyclic) bond motifs is 3. The second-order valence-electron chi connectivity index (χ2n) is 7.48. The Morgan fingerprint density at radius 2 is 1.96 bits per heavy atom. The van der Waals surface area contributed by atoms with Crippen molar-refractivity contribution in [1.29, 1.82) is 0 Å². The molecule has 3 heterocycles. The van der Waals surface area contributed by atoms with Gasteiger partial charge in [0.2, 0.25) is 0 Å². The van der Waals surface area contributed by atoms with E-state index >= 15 is 0 Å². The normalized spacial score (nSPS) is 16.7. The lowest BCUT2D eigenvalue weighted by Gasteiger charge is -2.32. The number of nitrogens with zero attached hydrogens (tertiary/aromatic N) is 4. The predicted octanol–water partition coefficient (Wildman–Crippen LogP) is 5.14. The number of halogens is 1. The van der Waals surface area contributed by atoms with Gasteiger partial charge in [-0.3, -0.25) is 0 Å². The van der Waals surface area contributed by atoms with Crippen molar-refractivity contribution in [3.63, 3.8) is 0 Å². The molecule has 1 aliphatic heterocycles. The quantitative estimate of drug-likeness (QED) is 0.563. The van der Waals surface area contributed by atoms with Crippen LogP contribution in [0, 0.1) is 5.92 Å².